The van der Waals surface area contributed by atoms with Gasteiger partial charge < -0.3 is 19.9 Å². The monoisotopic (exact) mass is 583 g/mol. The zero-order valence-electron chi connectivity index (χ0n) is 19.7. The highest BCUT2D eigenvalue weighted by Crippen LogP contribution is 2.37. The molecule has 0 unspecified atom stereocenters. The lowest BCUT2D eigenvalue weighted by Gasteiger charge is -2.26. The van der Waals surface area contributed by atoms with Gasteiger partial charge in [-0.15, -0.1) is 0 Å². The van der Waals surface area contributed by atoms with Crippen molar-refractivity contribution in [2.24, 2.45) is 0 Å². The first-order valence-corrected chi connectivity index (χ1v) is 11.7. The summed E-state index contributed by atoms with van der Waals surface area (Å²) in [5, 5.41) is 14.2. The molecule has 1 aliphatic heterocycles. The number of rotatable bonds is 7. The number of benzene rings is 3. The molecule has 194 valence electrons. The molecule has 1 heterocycles. The van der Waals surface area contributed by atoms with Gasteiger partial charge in [0.15, 0.2) is 18.1 Å². The summed E-state index contributed by atoms with van der Waals surface area (Å²) >= 11 is 3.34. The number of urea groups is 1. The summed E-state index contributed by atoms with van der Waals surface area (Å²) in [5.74, 6) is -2.37. The number of halogens is 2. The maximum absolute atomic E-state index is 13.1. The lowest BCUT2D eigenvalue weighted by atomic mass is 10.1. The van der Waals surface area contributed by atoms with Crippen LogP contribution in [0.15, 0.2) is 70.7 Å². The zero-order valence-corrected chi connectivity index (χ0v) is 21.2. The number of carbonyl (C=O) groups is 4. The van der Waals surface area contributed by atoms with Gasteiger partial charge in [0.05, 0.1) is 17.3 Å². The molecule has 1 saturated heterocycles. The Kier molecular flexibility index (Phi) is 7.72. The van der Waals surface area contributed by atoms with Gasteiger partial charge in [0.25, 0.3) is 17.7 Å². The molecule has 12 heteroatoms. The van der Waals surface area contributed by atoms with Crippen molar-refractivity contribution in [3.05, 3.63) is 82.1 Å². The lowest BCUT2D eigenvalue weighted by molar-refractivity contribution is -0.122. The molecule has 0 saturated carbocycles. The number of imide groups is 2. The summed E-state index contributed by atoms with van der Waals surface area (Å²) in [7, 11) is 1.37. The van der Waals surface area contributed by atoms with Crippen molar-refractivity contribution in [3.8, 4) is 17.2 Å². The van der Waals surface area contributed by atoms with E-state index >= 15 is 0 Å². The van der Waals surface area contributed by atoms with E-state index in [0.717, 1.165) is 4.90 Å². The van der Waals surface area contributed by atoms with Crippen molar-refractivity contribution >= 4 is 57.1 Å². The molecule has 0 bridgehead atoms. The van der Waals surface area contributed by atoms with Crippen LogP contribution < -0.4 is 25.0 Å². The van der Waals surface area contributed by atoms with Crippen LogP contribution in [0.3, 0.4) is 0 Å². The summed E-state index contributed by atoms with van der Waals surface area (Å²) < 4.78 is 24.4. The minimum atomic E-state index is -0.927. The minimum absolute atomic E-state index is 0.0577. The quantitative estimate of drug-likeness (QED) is 0.283. The van der Waals surface area contributed by atoms with Crippen molar-refractivity contribution < 1.29 is 38.1 Å². The van der Waals surface area contributed by atoms with E-state index in [2.05, 4.69) is 26.6 Å². The summed E-state index contributed by atoms with van der Waals surface area (Å²) in [6, 6.07) is 12.6. The highest BCUT2D eigenvalue weighted by molar-refractivity contribution is 9.10. The summed E-state index contributed by atoms with van der Waals surface area (Å²) in [6.45, 7) is -0.392. The Balaban J connectivity index is 1.55. The fraction of sp³-hybridized carbons (Fsp3) is 0.0769. The van der Waals surface area contributed by atoms with Gasteiger partial charge >= 0.3 is 6.03 Å². The first-order chi connectivity index (χ1) is 18.2. The van der Waals surface area contributed by atoms with Crippen LogP contribution in [0.25, 0.3) is 6.08 Å². The van der Waals surface area contributed by atoms with Crippen molar-refractivity contribution in [2.75, 3.05) is 23.9 Å². The number of anilines is 2. The van der Waals surface area contributed by atoms with Gasteiger partial charge in [-0.3, -0.25) is 19.7 Å². The number of aromatic hydroxyl groups is 1. The van der Waals surface area contributed by atoms with E-state index in [0.29, 0.717) is 15.7 Å². The molecule has 3 N–H and O–H groups in total. The number of nitrogens with zero attached hydrogens (tertiary/aromatic N) is 1. The number of hydrogen-bond acceptors (Lipinski definition) is 7. The van der Waals surface area contributed by atoms with Crippen LogP contribution in [-0.4, -0.2) is 42.6 Å². The molecular weight excluding hydrogens is 565 g/mol. The van der Waals surface area contributed by atoms with E-state index in [1.165, 1.54) is 73.8 Å². The average Bonchev–Trinajstić information content (AvgIpc) is 2.88. The molecule has 0 aromatic heterocycles. The second kappa shape index (κ2) is 11.1. The van der Waals surface area contributed by atoms with Gasteiger partial charge in [-0.05, 0) is 88.2 Å². The topological polar surface area (TPSA) is 134 Å². The van der Waals surface area contributed by atoms with E-state index in [-0.39, 0.29) is 28.5 Å². The van der Waals surface area contributed by atoms with Crippen molar-refractivity contribution in [3.63, 3.8) is 0 Å². The van der Waals surface area contributed by atoms with E-state index in [4.69, 9.17) is 9.47 Å². The molecule has 3 aromatic carbocycles. The lowest BCUT2D eigenvalue weighted by Crippen LogP contribution is -2.54. The Morgan fingerprint density at radius 1 is 1.11 bits per heavy atom. The number of phenolic OH excluding ortho intramolecular Hbond substituents is 1. The molecule has 3 aromatic rings. The SMILES string of the molecule is COc1cc(/C=C2/C(=O)NC(=O)N(c3ccc(O)cc3)C2=O)cc(Br)c1OCC(=O)Nc1ccc(F)cc1. The molecule has 0 atom stereocenters. The Labute approximate surface area is 223 Å². The Hall–Kier alpha value is -4.71. The first kappa shape index (κ1) is 26.4. The third-order valence-corrected chi connectivity index (χ3v) is 5.84. The van der Waals surface area contributed by atoms with Crippen LogP contribution in [0.4, 0.5) is 20.6 Å². The van der Waals surface area contributed by atoms with Gasteiger partial charge in [0, 0.05) is 5.69 Å². The smallest absolute Gasteiger partial charge is 0.335 e. The standard InChI is InChI=1S/C26H19BrFN3O7/c1-37-21-12-14(11-20(27)23(21)38-13-22(33)29-16-4-2-15(28)3-5-16)10-19-24(34)30-26(36)31(25(19)35)17-6-8-18(32)9-7-17/h2-12,32H,13H2,1H3,(H,29,33)(H,30,34,36)/b19-10-. The maximum Gasteiger partial charge on any atom is 0.335 e. The van der Waals surface area contributed by atoms with Crippen LogP contribution in [-0.2, 0) is 14.4 Å². The molecule has 0 radical (unpaired) electrons. The molecule has 1 fully saturated rings. The molecule has 4 rings (SSSR count). The van der Waals surface area contributed by atoms with Crippen molar-refractivity contribution in [1.29, 1.82) is 0 Å². The number of carbonyl (C=O) groups excluding carboxylic acids is 4. The highest BCUT2D eigenvalue weighted by atomic mass is 79.9. The third-order valence-electron chi connectivity index (χ3n) is 5.25. The van der Waals surface area contributed by atoms with E-state index in [9.17, 15) is 28.7 Å². The minimum Gasteiger partial charge on any atom is -0.508 e. The average molecular weight is 584 g/mol. The van der Waals surface area contributed by atoms with Crippen molar-refractivity contribution in [2.45, 2.75) is 0 Å². The van der Waals surface area contributed by atoms with E-state index in [1.807, 2.05) is 0 Å². The number of barbiturate groups is 1. The molecule has 38 heavy (non-hydrogen) atoms. The second-order valence-corrected chi connectivity index (χ2v) is 8.71. The Bertz CT molecular complexity index is 1460. The van der Waals surface area contributed by atoms with E-state index in [1.54, 1.807) is 0 Å². The number of hydrogen-bond donors (Lipinski definition) is 3. The third kappa shape index (κ3) is 5.81. The maximum atomic E-state index is 13.1. The van der Waals surface area contributed by atoms with Crippen LogP contribution in [0.2, 0.25) is 0 Å². The summed E-state index contributed by atoms with van der Waals surface area (Å²) in [5.41, 5.74) is 0.586. The Morgan fingerprint density at radius 3 is 2.45 bits per heavy atom. The largest absolute Gasteiger partial charge is 0.508 e. The van der Waals surface area contributed by atoms with Crippen LogP contribution in [0.1, 0.15) is 5.56 Å². The van der Waals surface area contributed by atoms with Gasteiger partial charge in [0.1, 0.15) is 17.1 Å². The molecular formula is C26H19BrFN3O7. The predicted octanol–water partition coefficient (Wildman–Crippen LogP) is 3.99. The molecule has 0 aliphatic carbocycles. The van der Waals surface area contributed by atoms with Crippen LogP contribution in [0, 0.1) is 5.82 Å². The number of amides is 5. The second-order valence-electron chi connectivity index (χ2n) is 7.85. The summed E-state index contributed by atoms with van der Waals surface area (Å²) in [6.07, 6.45) is 1.27. The number of methoxy groups -OCH3 is 1. The molecule has 0 spiro atoms. The zero-order chi connectivity index (χ0) is 27.4. The van der Waals surface area contributed by atoms with Gasteiger partial charge in [-0.1, -0.05) is 0 Å². The van der Waals surface area contributed by atoms with Gasteiger partial charge in [-0.2, -0.15) is 0 Å². The van der Waals surface area contributed by atoms with Crippen LogP contribution >= 0.6 is 15.9 Å². The fourth-order valence-electron chi connectivity index (χ4n) is 3.49. The van der Waals surface area contributed by atoms with Gasteiger partial charge in [0.2, 0.25) is 0 Å². The Morgan fingerprint density at radius 2 is 1.79 bits per heavy atom. The summed E-state index contributed by atoms with van der Waals surface area (Å²) in [4.78, 5) is 50.9. The van der Waals surface area contributed by atoms with Crippen LogP contribution in [0.5, 0.6) is 17.2 Å². The first-order valence-electron chi connectivity index (χ1n) is 10.9. The molecule has 1 aliphatic rings. The molecule has 10 nitrogen and oxygen atoms in total. The number of nitrogens with one attached hydrogen (secondary N) is 2. The van der Waals surface area contributed by atoms with E-state index < -0.39 is 36.2 Å². The molecule has 5 amide bonds. The highest BCUT2D eigenvalue weighted by Gasteiger charge is 2.36. The van der Waals surface area contributed by atoms with Crippen molar-refractivity contribution in [1.82, 2.24) is 5.32 Å². The fourth-order valence-corrected chi connectivity index (χ4v) is 4.07. The number of ether oxygens (including phenoxy) is 2. The van der Waals surface area contributed by atoms with Gasteiger partial charge in [-0.25, -0.2) is 14.1 Å². The normalized spacial score (nSPS) is 14.3. The number of phenols is 1. The predicted molar refractivity (Wildman–Crippen MR) is 138 cm³/mol.